The first-order chi connectivity index (χ1) is 9.19. The van der Waals surface area contributed by atoms with E-state index in [-0.39, 0.29) is 17.8 Å². The van der Waals surface area contributed by atoms with Gasteiger partial charge >= 0.3 is 0 Å². The SMILES string of the molecule is O=C1CC(n2c(CCCl)nc3ccc(F)cc32)CN1. The van der Waals surface area contributed by atoms with E-state index in [0.29, 0.717) is 25.3 Å². The Balaban J connectivity index is 2.15. The number of imidazole rings is 1. The maximum Gasteiger partial charge on any atom is 0.222 e. The fourth-order valence-corrected chi connectivity index (χ4v) is 2.73. The zero-order valence-electron chi connectivity index (χ0n) is 10.2. The van der Waals surface area contributed by atoms with E-state index in [1.807, 2.05) is 4.57 Å². The summed E-state index contributed by atoms with van der Waals surface area (Å²) < 4.78 is 15.4. The second-order valence-electron chi connectivity index (χ2n) is 4.63. The number of carbonyl (C=O) groups is 1. The summed E-state index contributed by atoms with van der Waals surface area (Å²) in [4.78, 5) is 15.9. The first-order valence-corrected chi connectivity index (χ1v) is 6.71. The lowest BCUT2D eigenvalue weighted by Gasteiger charge is -2.14. The molecule has 0 spiro atoms. The zero-order chi connectivity index (χ0) is 13.4. The highest BCUT2D eigenvalue weighted by Gasteiger charge is 2.26. The number of benzene rings is 1. The molecule has 1 unspecified atom stereocenters. The van der Waals surface area contributed by atoms with Crippen molar-refractivity contribution in [3.8, 4) is 0 Å². The summed E-state index contributed by atoms with van der Waals surface area (Å²) in [7, 11) is 0. The molecule has 1 N–H and O–H groups in total. The molecule has 1 saturated heterocycles. The monoisotopic (exact) mass is 281 g/mol. The van der Waals surface area contributed by atoms with Gasteiger partial charge in [0, 0.05) is 25.3 Å². The summed E-state index contributed by atoms with van der Waals surface area (Å²) in [6.45, 7) is 0.552. The van der Waals surface area contributed by atoms with Gasteiger partial charge in [0.25, 0.3) is 0 Å². The van der Waals surface area contributed by atoms with Gasteiger partial charge in [-0.25, -0.2) is 9.37 Å². The van der Waals surface area contributed by atoms with E-state index in [1.54, 1.807) is 6.07 Å². The number of aromatic nitrogens is 2. The molecule has 1 aliphatic rings. The Morgan fingerprint density at radius 3 is 3.05 bits per heavy atom. The lowest BCUT2D eigenvalue weighted by molar-refractivity contribution is -0.119. The molecule has 0 saturated carbocycles. The average Bonchev–Trinajstić information content (AvgIpc) is 2.93. The number of fused-ring (bicyclic) bond motifs is 1. The number of rotatable bonds is 3. The number of nitrogens with zero attached hydrogens (tertiary/aromatic N) is 2. The van der Waals surface area contributed by atoms with E-state index in [0.717, 1.165) is 16.9 Å². The highest BCUT2D eigenvalue weighted by atomic mass is 35.5. The number of hydrogen-bond donors (Lipinski definition) is 1. The molecule has 19 heavy (non-hydrogen) atoms. The molecule has 1 amide bonds. The van der Waals surface area contributed by atoms with E-state index in [4.69, 9.17) is 11.6 Å². The van der Waals surface area contributed by atoms with Crippen LogP contribution in [0, 0.1) is 5.82 Å². The van der Waals surface area contributed by atoms with Crippen LogP contribution < -0.4 is 5.32 Å². The zero-order valence-corrected chi connectivity index (χ0v) is 11.0. The van der Waals surface area contributed by atoms with Gasteiger partial charge in [-0.15, -0.1) is 11.6 Å². The number of amides is 1. The summed E-state index contributed by atoms with van der Waals surface area (Å²) >= 11 is 5.79. The third-order valence-electron chi connectivity index (χ3n) is 3.36. The fourth-order valence-electron chi connectivity index (χ4n) is 2.56. The molecule has 2 aromatic rings. The van der Waals surface area contributed by atoms with Crippen molar-refractivity contribution < 1.29 is 9.18 Å². The van der Waals surface area contributed by atoms with Gasteiger partial charge in [-0.2, -0.15) is 0 Å². The predicted molar refractivity (Wildman–Crippen MR) is 70.8 cm³/mol. The van der Waals surface area contributed by atoms with Crippen LogP contribution in [0.15, 0.2) is 18.2 Å². The van der Waals surface area contributed by atoms with Crippen LogP contribution in [0.5, 0.6) is 0 Å². The normalized spacial score (nSPS) is 19.1. The molecular weight excluding hydrogens is 269 g/mol. The molecule has 1 aliphatic heterocycles. The molecule has 3 rings (SSSR count). The van der Waals surface area contributed by atoms with Crippen LogP contribution in [0.2, 0.25) is 0 Å². The summed E-state index contributed by atoms with van der Waals surface area (Å²) in [5, 5.41) is 2.79. The first-order valence-electron chi connectivity index (χ1n) is 6.18. The van der Waals surface area contributed by atoms with Crippen LogP contribution in [0.1, 0.15) is 18.3 Å². The maximum absolute atomic E-state index is 13.4. The lowest BCUT2D eigenvalue weighted by Crippen LogP contribution is -2.17. The molecule has 1 aromatic heterocycles. The Morgan fingerprint density at radius 1 is 1.53 bits per heavy atom. The Labute approximate surface area is 114 Å². The summed E-state index contributed by atoms with van der Waals surface area (Å²) in [5.41, 5.74) is 1.46. The number of alkyl halides is 1. The van der Waals surface area contributed by atoms with Crippen molar-refractivity contribution in [2.24, 2.45) is 0 Å². The van der Waals surface area contributed by atoms with Crippen LogP contribution >= 0.6 is 11.6 Å². The van der Waals surface area contributed by atoms with Crippen LogP contribution in [0.3, 0.4) is 0 Å². The van der Waals surface area contributed by atoms with E-state index >= 15 is 0 Å². The molecule has 2 heterocycles. The third-order valence-corrected chi connectivity index (χ3v) is 3.55. The van der Waals surface area contributed by atoms with Gasteiger partial charge in [0.2, 0.25) is 5.91 Å². The summed E-state index contributed by atoms with van der Waals surface area (Å²) in [5.74, 6) is 0.959. The van der Waals surface area contributed by atoms with E-state index in [9.17, 15) is 9.18 Å². The van der Waals surface area contributed by atoms with E-state index < -0.39 is 0 Å². The molecule has 4 nitrogen and oxygen atoms in total. The number of aryl methyl sites for hydroxylation is 1. The highest BCUT2D eigenvalue weighted by molar-refractivity contribution is 6.17. The van der Waals surface area contributed by atoms with Crippen molar-refractivity contribution in [1.29, 1.82) is 0 Å². The van der Waals surface area contributed by atoms with Crippen molar-refractivity contribution in [3.63, 3.8) is 0 Å². The minimum absolute atomic E-state index is 0.0140. The number of halogens is 2. The molecule has 0 bridgehead atoms. The quantitative estimate of drug-likeness (QED) is 0.875. The minimum Gasteiger partial charge on any atom is -0.354 e. The van der Waals surface area contributed by atoms with Gasteiger partial charge in [0.1, 0.15) is 11.6 Å². The van der Waals surface area contributed by atoms with Gasteiger partial charge in [-0.05, 0) is 18.2 Å². The Hall–Kier alpha value is -1.62. The number of hydrogen-bond acceptors (Lipinski definition) is 2. The van der Waals surface area contributed by atoms with Gasteiger partial charge in [-0.1, -0.05) is 0 Å². The van der Waals surface area contributed by atoms with Gasteiger partial charge in [0.15, 0.2) is 0 Å². The Kier molecular flexibility index (Phi) is 3.14. The van der Waals surface area contributed by atoms with Crippen molar-refractivity contribution in [2.75, 3.05) is 12.4 Å². The third kappa shape index (κ3) is 2.18. The minimum atomic E-state index is -0.302. The van der Waals surface area contributed by atoms with Crippen LogP contribution in [-0.4, -0.2) is 27.9 Å². The van der Waals surface area contributed by atoms with Crippen LogP contribution in [0.4, 0.5) is 4.39 Å². The van der Waals surface area contributed by atoms with Crippen LogP contribution in [-0.2, 0) is 11.2 Å². The number of nitrogens with one attached hydrogen (secondary N) is 1. The molecule has 1 atom stereocenters. The standard InChI is InChI=1S/C13H13ClFN3O/c14-4-3-12-17-10-2-1-8(15)5-11(10)18(12)9-6-13(19)16-7-9/h1-2,5,9H,3-4,6-7H2,(H,16,19). The van der Waals surface area contributed by atoms with Crippen molar-refractivity contribution >= 4 is 28.5 Å². The molecule has 100 valence electrons. The van der Waals surface area contributed by atoms with E-state index in [1.165, 1.54) is 12.1 Å². The van der Waals surface area contributed by atoms with Gasteiger partial charge < -0.3 is 9.88 Å². The first kappa shape index (κ1) is 12.4. The van der Waals surface area contributed by atoms with Crippen molar-refractivity contribution in [2.45, 2.75) is 18.9 Å². The van der Waals surface area contributed by atoms with Crippen molar-refractivity contribution in [1.82, 2.24) is 14.9 Å². The molecule has 0 aliphatic carbocycles. The molecule has 6 heteroatoms. The Morgan fingerprint density at radius 2 is 2.37 bits per heavy atom. The van der Waals surface area contributed by atoms with Gasteiger partial charge in [0.05, 0.1) is 17.1 Å². The number of carbonyl (C=O) groups excluding carboxylic acids is 1. The van der Waals surface area contributed by atoms with Crippen molar-refractivity contribution in [3.05, 3.63) is 29.8 Å². The molecule has 0 radical (unpaired) electrons. The fraction of sp³-hybridized carbons (Fsp3) is 0.385. The molecule has 1 aromatic carbocycles. The second kappa shape index (κ2) is 4.81. The summed E-state index contributed by atoms with van der Waals surface area (Å²) in [6, 6.07) is 4.49. The summed E-state index contributed by atoms with van der Waals surface area (Å²) in [6.07, 6.45) is 1.000. The predicted octanol–water partition coefficient (Wildman–Crippen LogP) is 2.02. The van der Waals surface area contributed by atoms with E-state index in [2.05, 4.69) is 10.3 Å². The smallest absolute Gasteiger partial charge is 0.222 e. The average molecular weight is 282 g/mol. The largest absolute Gasteiger partial charge is 0.354 e. The van der Waals surface area contributed by atoms with Crippen LogP contribution in [0.25, 0.3) is 11.0 Å². The lowest BCUT2D eigenvalue weighted by atomic mass is 10.2. The molecule has 1 fully saturated rings. The second-order valence-corrected chi connectivity index (χ2v) is 5.01. The van der Waals surface area contributed by atoms with Gasteiger partial charge in [-0.3, -0.25) is 4.79 Å². The highest BCUT2D eigenvalue weighted by Crippen LogP contribution is 2.26. The maximum atomic E-state index is 13.4. The topological polar surface area (TPSA) is 46.9 Å². The molecular formula is C13H13ClFN3O. The Bertz CT molecular complexity index is 640.